The second-order valence-electron chi connectivity index (χ2n) is 5.33. The zero-order chi connectivity index (χ0) is 14.4. The maximum Gasteiger partial charge on any atom is 0.323 e. The van der Waals surface area contributed by atoms with Crippen molar-refractivity contribution in [1.29, 1.82) is 0 Å². The summed E-state index contributed by atoms with van der Waals surface area (Å²) in [5.74, 6) is 1.18. The molecule has 6 nitrogen and oxygen atoms in total. The van der Waals surface area contributed by atoms with Crippen molar-refractivity contribution >= 4 is 11.9 Å². The number of hydrogen-bond acceptors (Lipinski definition) is 6. The molecule has 1 aliphatic rings. The topological polar surface area (TPSA) is 72.0 Å². The fourth-order valence-corrected chi connectivity index (χ4v) is 2.04. The zero-order valence-electron chi connectivity index (χ0n) is 12.7. The van der Waals surface area contributed by atoms with Gasteiger partial charge in [-0.3, -0.25) is 0 Å². The van der Waals surface area contributed by atoms with Crippen LogP contribution >= 0.6 is 0 Å². The molecule has 6 heteroatoms. The Morgan fingerprint density at radius 3 is 2.30 bits per heavy atom. The van der Waals surface area contributed by atoms with E-state index in [4.69, 9.17) is 4.74 Å². The molecule has 0 saturated heterocycles. The number of nitrogens with one attached hydrogen (secondary N) is 2. The molecule has 0 spiro atoms. The van der Waals surface area contributed by atoms with Crippen molar-refractivity contribution in [1.82, 2.24) is 15.0 Å². The van der Waals surface area contributed by atoms with E-state index in [1.54, 1.807) is 0 Å². The summed E-state index contributed by atoms with van der Waals surface area (Å²) >= 11 is 0. The quantitative estimate of drug-likeness (QED) is 0.724. The van der Waals surface area contributed by atoms with Crippen LogP contribution in [0.1, 0.15) is 46.5 Å². The largest absolute Gasteiger partial charge is 0.464 e. The summed E-state index contributed by atoms with van der Waals surface area (Å²) in [5, 5.41) is 6.51. The molecule has 112 valence electrons. The first-order chi connectivity index (χ1) is 9.71. The van der Waals surface area contributed by atoms with Crippen LogP contribution < -0.4 is 15.4 Å². The van der Waals surface area contributed by atoms with E-state index in [1.165, 1.54) is 19.3 Å². The summed E-state index contributed by atoms with van der Waals surface area (Å²) in [6, 6.07) is 0.380. The van der Waals surface area contributed by atoms with Crippen LogP contribution in [0.3, 0.4) is 0 Å². The standard InChI is InChI=1S/C14H25N5O/c1-4-9-15-11-17-12(19-13(18-11)20-6-3)16-10-14(5-2)7-8-14/h4-10H2,1-3H3,(H2,15,16,17,18,19). The first kappa shape index (κ1) is 14.8. The predicted molar refractivity (Wildman–Crippen MR) is 80.2 cm³/mol. The van der Waals surface area contributed by atoms with Crippen molar-refractivity contribution in [3.63, 3.8) is 0 Å². The van der Waals surface area contributed by atoms with Crippen LogP contribution in [0.15, 0.2) is 0 Å². The number of anilines is 2. The van der Waals surface area contributed by atoms with Gasteiger partial charge in [-0.25, -0.2) is 0 Å². The van der Waals surface area contributed by atoms with Crippen LogP contribution in [0.25, 0.3) is 0 Å². The van der Waals surface area contributed by atoms with Crippen molar-refractivity contribution in [2.24, 2.45) is 5.41 Å². The van der Waals surface area contributed by atoms with E-state index in [2.05, 4.69) is 39.4 Å². The van der Waals surface area contributed by atoms with Crippen LogP contribution in [0.2, 0.25) is 0 Å². The Morgan fingerprint density at radius 1 is 1.05 bits per heavy atom. The molecule has 0 aliphatic heterocycles. The van der Waals surface area contributed by atoms with E-state index in [-0.39, 0.29) is 0 Å². The minimum Gasteiger partial charge on any atom is -0.464 e. The second-order valence-corrected chi connectivity index (χ2v) is 5.33. The molecule has 0 bridgehead atoms. The third kappa shape index (κ3) is 3.95. The van der Waals surface area contributed by atoms with E-state index in [0.717, 1.165) is 19.5 Å². The normalized spacial score (nSPS) is 15.8. The van der Waals surface area contributed by atoms with Crippen molar-refractivity contribution < 1.29 is 4.74 Å². The summed E-state index contributed by atoms with van der Waals surface area (Å²) in [5.41, 5.74) is 0.454. The first-order valence-electron chi connectivity index (χ1n) is 7.58. The Balaban J connectivity index is 2.03. The number of rotatable bonds is 9. The van der Waals surface area contributed by atoms with Gasteiger partial charge in [-0.15, -0.1) is 0 Å². The molecule has 0 amide bonds. The third-order valence-corrected chi connectivity index (χ3v) is 3.75. The molecular formula is C14H25N5O. The smallest absolute Gasteiger partial charge is 0.323 e. The predicted octanol–water partition coefficient (Wildman–Crippen LogP) is 2.69. The van der Waals surface area contributed by atoms with Gasteiger partial charge >= 0.3 is 6.01 Å². The Bertz CT molecular complexity index is 434. The van der Waals surface area contributed by atoms with Crippen molar-refractivity contribution in [3.05, 3.63) is 0 Å². The Kier molecular flexibility index (Phi) is 4.98. The number of aromatic nitrogens is 3. The Labute approximate surface area is 120 Å². The molecule has 20 heavy (non-hydrogen) atoms. The molecule has 2 rings (SSSR count). The van der Waals surface area contributed by atoms with Crippen LogP contribution in [0, 0.1) is 5.41 Å². The molecule has 0 aromatic carbocycles. The Hall–Kier alpha value is -1.59. The summed E-state index contributed by atoms with van der Waals surface area (Å²) in [6.07, 6.45) is 4.81. The minimum absolute atomic E-state index is 0.380. The van der Waals surface area contributed by atoms with E-state index in [9.17, 15) is 0 Å². The summed E-state index contributed by atoms with van der Waals surface area (Å²) in [7, 11) is 0. The number of ether oxygens (including phenoxy) is 1. The van der Waals surface area contributed by atoms with E-state index >= 15 is 0 Å². The minimum atomic E-state index is 0.380. The van der Waals surface area contributed by atoms with Gasteiger partial charge < -0.3 is 15.4 Å². The molecule has 1 fully saturated rings. The van der Waals surface area contributed by atoms with Gasteiger partial charge in [0.05, 0.1) is 6.61 Å². The van der Waals surface area contributed by atoms with E-state index < -0.39 is 0 Å². The molecule has 2 N–H and O–H groups in total. The summed E-state index contributed by atoms with van der Waals surface area (Å²) in [6.45, 7) is 8.58. The van der Waals surface area contributed by atoms with Crippen LogP contribution in [-0.4, -0.2) is 34.6 Å². The summed E-state index contributed by atoms with van der Waals surface area (Å²) < 4.78 is 5.40. The van der Waals surface area contributed by atoms with Gasteiger partial charge in [0.1, 0.15) is 0 Å². The zero-order valence-corrected chi connectivity index (χ0v) is 12.7. The van der Waals surface area contributed by atoms with Gasteiger partial charge in [-0.1, -0.05) is 13.8 Å². The molecule has 1 aromatic heterocycles. The molecule has 1 aromatic rings. The fourth-order valence-electron chi connectivity index (χ4n) is 2.04. The highest BCUT2D eigenvalue weighted by Gasteiger charge is 2.40. The molecule has 0 atom stereocenters. The van der Waals surface area contributed by atoms with Gasteiger partial charge in [0.15, 0.2) is 0 Å². The van der Waals surface area contributed by atoms with Gasteiger partial charge in [-0.05, 0) is 38.0 Å². The Morgan fingerprint density at radius 2 is 1.75 bits per heavy atom. The number of nitrogens with zero attached hydrogens (tertiary/aromatic N) is 3. The van der Waals surface area contributed by atoms with Crippen LogP contribution in [-0.2, 0) is 0 Å². The fraction of sp³-hybridized carbons (Fsp3) is 0.786. The third-order valence-electron chi connectivity index (χ3n) is 3.75. The maximum absolute atomic E-state index is 5.40. The van der Waals surface area contributed by atoms with Gasteiger partial charge in [-0.2, -0.15) is 15.0 Å². The summed E-state index contributed by atoms with van der Waals surface area (Å²) in [4.78, 5) is 12.9. The van der Waals surface area contributed by atoms with Gasteiger partial charge in [0.25, 0.3) is 0 Å². The lowest BCUT2D eigenvalue weighted by Crippen LogP contribution is -2.17. The monoisotopic (exact) mass is 279 g/mol. The average Bonchev–Trinajstić information content (AvgIpc) is 3.24. The molecular weight excluding hydrogens is 254 g/mol. The van der Waals surface area contributed by atoms with Crippen molar-refractivity contribution in [2.75, 3.05) is 30.3 Å². The highest BCUT2D eigenvalue weighted by molar-refractivity contribution is 5.36. The van der Waals surface area contributed by atoms with E-state index in [0.29, 0.717) is 29.9 Å². The molecule has 1 heterocycles. The average molecular weight is 279 g/mol. The molecule has 1 saturated carbocycles. The highest BCUT2D eigenvalue weighted by Crippen LogP contribution is 2.48. The SMILES string of the molecule is CCCNc1nc(NCC2(CC)CC2)nc(OCC)n1. The van der Waals surface area contributed by atoms with Crippen LogP contribution in [0.5, 0.6) is 6.01 Å². The van der Waals surface area contributed by atoms with Crippen molar-refractivity contribution in [2.45, 2.75) is 46.5 Å². The second kappa shape index (κ2) is 6.72. The van der Waals surface area contributed by atoms with Gasteiger partial charge in [0, 0.05) is 13.1 Å². The van der Waals surface area contributed by atoms with Gasteiger partial charge in [0.2, 0.25) is 11.9 Å². The highest BCUT2D eigenvalue weighted by atomic mass is 16.5. The van der Waals surface area contributed by atoms with E-state index in [1.807, 2.05) is 6.92 Å². The lowest BCUT2D eigenvalue weighted by Gasteiger charge is -2.14. The molecule has 1 aliphatic carbocycles. The van der Waals surface area contributed by atoms with Crippen LogP contribution in [0.4, 0.5) is 11.9 Å². The molecule has 0 unspecified atom stereocenters. The molecule has 0 radical (unpaired) electrons. The number of hydrogen-bond donors (Lipinski definition) is 2. The lowest BCUT2D eigenvalue weighted by molar-refractivity contribution is 0.312. The maximum atomic E-state index is 5.40. The first-order valence-corrected chi connectivity index (χ1v) is 7.58. The lowest BCUT2D eigenvalue weighted by atomic mass is 10.0. The van der Waals surface area contributed by atoms with Crippen molar-refractivity contribution in [3.8, 4) is 6.01 Å².